The summed E-state index contributed by atoms with van der Waals surface area (Å²) in [4.78, 5) is 12.8. The fraction of sp³-hybridized carbons (Fsp3) is 0.143. The predicted octanol–water partition coefficient (Wildman–Crippen LogP) is 6.80. The molecule has 6 nitrogen and oxygen atoms in total. The molecule has 0 aliphatic rings. The van der Waals surface area contributed by atoms with E-state index < -0.39 is 0 Å². The van der Waals surface area contributed by atoms with Crippen LogP contribution >= 0.6 is 45.2 Å². The van der Waals surface area contributed by atoms with Crippen LogP contribution in [-0.2, 0) is 6.61 Å². The van der Waals surface area contributed by atoms with Gasteiger partial charge in [0.2, 0.25) is 0 Å². The van der Waals surface area contributed by atoms with E-state index in [1.54, 1.807) is 19.4 Å². The van der Waals surface area contributed by atoms with E-state index in [9.17, 15) is 4.79 Å². The summed E-state index contributed by atoms with van der Waals surface area (Å²) >= 11 is 4.50. The van der Waals surface area contributed by atoms with Crippen LogP contribution in [0.2, 0.25) is 0 Å². The van der Waals surface area contributed by atoms with Gasteiger partial charge in [-0.2, -0.15) is 5.10 Å². The van der Waals surface area contributed by atoms with Crippen molar-refractivity contribution in [2.45, 2.75) is 13.5 Å². The minimum absolute atomic E-state index is 0.356. The van der Waals surface area contributed by atoms with Gasteiger partial charge in [0.05, 0.1) is 29.1 Å². The molecule has 4 aromatic rings. The number of hydrogen-bond donors (Lipinski definition) is 1. The van der Waals surface area contributed by atoms with Crippen LogP contribution in [0.1, 0.15) is 28.4 Å². The first-order valence-electron chi connectivity index (χ1n) is 11.2. The van der Waals surface area contributed by atoms with E-state index in [-0.39, 0.29) is 5.91 Å². The van der Waals surface area contributed by atoms with Crippen LogP contribution in [0.4, 0.5) is 0 Å². The van der Waals surface area contributed by atoms with E-state index in [2.05, 4.69) is 67.8 Å². The lowest BCUT2D eigenvalue weighted by atomic mass is 10.1. The van der Waals surface area contributed by atoms with Crippen molar-refractivity contribution in [3.05, 3.63) is 96.6 Å². The number of nitrogens with zero attached hydrogens (tertiary/aromatic N) is 1. The molecule has 1 N–H and O–H groups in total. The standard InChI is InChI=1S/C28H24I2N2O4/c1-3-35-26-13-19(12-24(30)27(26)36-17-18-8-10-22(29)11-9-18)16-31-32-28(33)23-14-20-6-4-5-7-21(20)15-25(23)34-2/h4-16H,3,17H2,1-2H3,(H,32,33)/b31-16-. The summed E-state index contributed by atoms with van der Waals surface area (Å²) in [6.07, 6.45) is 1.58. The van der Waals surface area contributed by atoms with E-state index in [4.69, 9.17) is 14.2 Å². The summed E-state index contributed by atoms with van der Waals surface area (Å²) in [7, 11) is 1.55. The highest BCUT2D eigenvalue weighted by molar-refractivity contribution is 14.1. The normalized spacial score (nSPS) is 11.0. The second-order valence-corrected chi connectivity index (χ2v) is 10.2. The molecule has 0 bridgehead atoms. The predicted molar refractivity (Wildman–Crippen MR) is 159 cm³/mol. The van der Waals surface area contributed by atoms with Gasteiger partial charge in [-0.15, -0.1) is 0 Å². The molecular formula is C28H24I2N2O4. The minimum Gasteiger partial charge on any atom is -0.496 e. The molecule has 0 spiro atoms. The number of carbonyl (C=O) groups is 1. The Bertz CT molecular complexity index is 1410. The van der Waals surface area contributed by atoms with Gasteiger partial charge in [-0.1, -0.05) is 36.4 Å². The molecule has 0 aromatic heterocycles. The Kier molecular flexibility index (Phi) is 9.03. The fourth-order valence-corrected chi connectivity index (χ4v) is 4.73. The molecule has 0 radical (unpaired) electrons. The second kappa shape index (κ2) is 12.4. The zero-order valence-electron chi connectivity index (χ0n) is 19.8. The molecule has 0 fully saturated rings. The quantitative estimate of drug-likeness (QED) is 0.118. The van der Waals surface area contributed by atoms with Crippen molar-refractivity contribution in [1.82, 2.24) is 5.43 Å². The number of rotatable bonds is 9. The largest absolute Gasteiger partial charge is 0.496 e. The van der Waals surface area contributed by atoms with E-state index >= 15 is 0 Å². The number of ether oxygens (including phenoxy) is 3. The van der Waals surface area contributed by atoms with Crippen LogP contribution in [0.3, 0.4) is 0 Å². The molecule has 0 heterocycles. The molecule has 0 saturated heterocycles. The first-order valence-corrected chi connectivity index (χ1v) is 13.4. The van der Waals surface area contributed by atoms with Gasteiger partial charge in [-0.25, -0.2) is 5.43 Å². The van der Waals surface area contributed by atoms with Crippen molar-refractivity contribution in [3.63, 3.8) is 0 Å². The molecular weight excluding hydrogens is 682 g/mol. The van der Waals surface area contributed by atoms with Crippen molar-refractivity contribution in [2.75, 3.05) is 13.7 Å². The Labute approximate surface area is 237 Å². The van der Waals surface area contributed by atoms with Crippen LogP contribution in [0, 0.1) is 7.14 Å². The summed E-state index contributed by atoms with van der Waals surface area (Å²) in [5.41, 5.74) is 4.86. The highest BCUT2D eigenvalue weighted by Gasteiger charge is 2.14. The zero-order valence-corrected chi connectivity index (χ0v) is 24.1. The summed E-state index contributed by atoms with van der Waals surface area (Å²) in [5.74, 6) is 1.44. The lowest BCUT2D eigenvalue weighted by Gasteiger charge is -2.15. The first kappa shape index (κ1) is 26.2. The number of halogens is 2. The maximum atomic E-state index is 12.8. The third-order valence-electron chi connectivity index (χ3n) is 5.32. The van der Waals surface area contributed by atoms with Gasteiger partial charge in [0.1, 0.15) is 12.4 Å². The molecule has 8 heteroatoms. The van der Waals surface area contributed by atoms with Crippen molar-refractivity contribution < 1.29 is 19.0 Å². The monoisotopic (exact) mass is 706 g/mol. The molecule has 1 amide bonds. The van der Waals surface area contributed by atoms with Crippen LogP contribution in [0.25, 0.3) is 10.8 Å². The number of methoxy groups -OCH3 is 1. The number of benzene rings is 4. The molecule has 36 heavy (non-hydrogen) atoms. The number of amides is 1. The van der Waals surface area contributed by atoms with Crippen LogP contribution in [0.15, 0.2) is 77.9 Å². The molecule has 0 unspecified atom stereocenters. The summed E-state index contributed by atoms with van der Waals surface area (Å²) in [5, 5.41) is 6.11. The van der Waals surface area contributed by atoms with E-state index in [0.29, 0.717) is 36.0 Å². The molecule has 184 valence electrons. The van der Waals surface area contributed by atoms with E-state index in [0.717, 1.165) is 25.5 Å². The average Bonchev–Trinajstić information content (AvgIpc) is 2.88. The number of nitrogens with one attached hydrogen (secondary N) is 1. The number of carbonyl (C=O) groups excluding carboxylic acids is 1. The van der Waals surface area contributed by atoms with Crippen molar-refractivity contribution in [2.24, 2.45) is 5.10 Å². The van der Waals surface area contributed by atoms with Gasteiger partial charge in [0.25, 0.3) is 5.91 Å². The smallest absolute Gasteiger partial charge is 0.275 e. The first-order chi connectivity index (χ1) is 17.5. The lowest BCUT2D eigenvalue weighted by Crippen LogP contribution is -2.18. The number of fused-ring (bicyclic) bond motifs is 1. The third kappa shape index (κ3) is 6.47. The number of hydrogen-bond acceptors (Lipinski definition) is 5. The fourth-order valence-electron chi connectivity index (χ4n) is 3.59. The zero-order chi connectivity index (χ0) is 25.5. The maximum absolute atomic E-state index is 12.8. The van der Waals surface area contributed by atoms with Crippen LogP contribution < -0.4 is 19.6 Å². The molecule has 4 rings (SSSR count). The van der Waals surface area contributed by atoms with Gasteiger partial charge in [0, 0.05) is 3.57 Å². The van der Waals surface area contributed by atoms with Gasteiger partial charge in [-0.05, 0) is 110 Å². The highest BCUT2D eigenvalue weighted by atomic mass is 127. The molecule has 0 aliphatic carbocycles. The topological polar surface area (TPSA) is 69.2 Å². The lowest BCUT2D eigenvalue weighted by molar-refractivity contribution is 0.0952. The Balaban J connectivity index is 1.50. The summed E-state index contributed by atoms with van der Waals surface area (Å²) in [6.45, 7) is 2.85. The van der Waals surface area contributed by atoms with Crippen LogP contribution in [-0.4, -0.2) is 25.8 Å². The van der Waals surface area contributed by atoms with Gasteiger partial charge < -0.3 is 14.2 Å². The summed E-state index contributed by atoms with van der Waals surface area (Å²) < 4.78 is 19.4. The van der Waals surface area contributed by atoms with E-state index in [1.807, 2.05) is 61.5 Å². The minimum atomic E-state index is -0.356. The average molecular weight is 706 g/mol. The maximum Gasteiger partial charge on any atom is 0.275 e. The summed E-state index contributed by atoms with van der Waals surface area (Å²) in [6, 6.07) is 23.4. The SMILES string of the molecule is CCOc1cc(/C=N\NC(=O)c2cc3ccccc3cc2OC)cc(I)c1OCc1ccc(I)cc1. The van der Waals surface area contributed by atoms with Crippen molar-refractivity contribution >= 4 is 68.1 Å². The Hall–Kier alpha value is -2.86. The van der Waals surface area contributed by atoms with E-state index in [1.165, 1.54) is 3.57 Å². The second-order valence-electron chi connectivity index (χ2n) is 7.78. The van der Waals surface area contributed by atoms with Crippen molar-refractivity contribution in [1.29, 1.82) is 0 Å². The Morgan fingerprint density at radius 1 is 0.944 bits per heavy atom. The Morgan fingerprint density at radius 2 is 1.67 bits per heavy atom. The van der Waals surface area contributed by atoms with Crippen molar-refractivity contribution in [3.8, 4) is 17.2 Å². The molecule has 0 saturated carbocycles. The molecule has 0 atom stereocenters. The highest BCUT2D eigenvalue weighted by Crippen LogP contribution is 2.34. The van der Waals surface area contributed by atoms with Crippen LogP contribution in [0.5, 0.6) is 17.2 Å². The Morgan fingerprint density at radius 3 is 2.36 bits per heavy atom. The van der Waals surface area contributed by atoms with Gasteiger partial charge in [-0.3, -0.25) is 4.79 Å². The van der Waals surface area contributed by atoms with Gasteiger partial charge >= 0.3 is 0 Å². The third-order valence-corrected chi connectivity index (χ3v) is 6.84. The van der Waals surface area contributed by atoms with Gasteiger partial charge in [0.15, 0.2) is 11.5 Å². The molecule has 0 aliphatic heterocycles. The number of hydrazone groups is 1. The molecule has 4 aromatic carbocycles.